The van der Waals surface area contributed by atoms with Gasteiger partial charge in [0.1, 0.15) is 5.82 Å². The monoisotopic (exact) mass is 285 g/mol. The van der Waals surface area contributed by atoms with Gasteiger partial charge in [0.05, 0.1) is 13.2 Å². The molecule has 1 aliphatic heterocycles. The third-order valence-corrected chi connectivity index (χ3v) is 4.21. The topological polar surface area (TPSA) is 37.4 Å². The van der Waals surface area contributed by atoms with E-state index in [4.69, 9.17) is 4.74 Å². The highest BCUT2D eigenvalue weighted by Gasteiger charge is 2.19. The van der Waals surface area contributed by atoms with Crippen LogP contribution in [0.2, 0.25) is 0 Å². The summed E-state index contributed by atoms with van der Waals surface area (Å²) in [5, 5.41) is 5.96. The van der Waals surface area contributed by atoms with Gasteiger partial charge in [0.2, 0.25) is 0 Å². The summed E-state index contributed by atoms with van der Waals surface area (Å²) in [6.45, 7) is 6.94. The average molecular weight is 285 g/mol. The summed E-state index contributed by atoms with van der Waals surface area (Å²) in [5.74, 6) is 0.986. The summed E-state index contributed by atoms with van der Waals surface area (Å²) < 4.78 is 5.44. The minimum Gasteiger partial charge on any atom is -0.379 e. The number of nitrogens with zero attached hydrogens (tertiary/aromatic N) is 2. The molecule has 1 atom stereocenters. The first-order valence-electron chi connectivity index (χ1n) is 7.78. The highest BCUT2D eigenvalue weighted by atomic mass is 16.5. The number of benzene rings is 1. The molecule has 112 valence electrons. The Morgan fingerprint density at radius 2 is 2.05 bits per heavy atom. The minimum absolute atomic E-state index is 0.537. The number of aromatic nitrogens is 1. The maximum Gasteiger partial charge on any atom is 0.133 e. The Morgan fingerprint density at radius 1 is 1.24 bits per heavy atom. The summed E-state index contributed by atoms with van der Waals surface area (Å²) in [4.78, 5) is 7.02. The molecule has 4 nitrogen and oxygen atoms in total. The molecule has 1 N–H and O–H groups in total. The Balaban J connectivity index is 1.70. The lowest BCUT2D eigenvalue weighted by Gasteiger charge is -2.34. The number of ether oxygens (including phenoxy) is 1. The molecular formula is C17H23N3O. The third kappa shape index (κ3) is 3.34. The van der Waals surface area contributed by atoms with E-state index in [1.807, 2.05) is 6.20 Å². The van der Waals surface area contributed by atoms with E-state index in [0.717, 1.165) is 45.1 Å². The van der Waals surface area contributed by atoms with Gasteiger partial charge >= 0.3 is 0 Å². The lowest BCUT2D eigenvalue weighted by Crippen LogP contribution is -2.46. The van der Waals surface area contributed by atoms with Crippen LogP contribution in [0.5, 0.6) is 0 Å². The highest BCUT2D eigenvalue weighted by Crippen LogP contribution is 2.20. The molecule has 1 saturated heterocycles. The van der Waals surface area contributed by atoms with Crippen molar-refractivity contribution in [2.24, 2.45) is 0 Å². The molecule has 0 radical (unpaired) electrons. The van der Waals surface area contributed by atoms with Gasteiger partial charge in [-0.2, -0.15) is 0 Å². The van der Waals surface area contributed by atoms with Gasteiger partial charge < -0.3 is 10.1 Å². The van der Waals surface area contributed by atoms with Crippen molar-refractivity contribution in [3.63, 3.8) is 0 Å². The SMILES string of the molecule is CC[C@@H](CNc1nccc2ccccc12)N1CCOCC1. The largest absolute Gasteiger partial charge is 0.379 e. The van der Waals surface area contributed by atoms with Crippen molar-refractivity contribution in [1.82, 2.24) is 9.88 Å². The van der Waals surface area contributed by atoms with Crippen molar-refractivity contribution in [2.45, 2.75) is 19.4 Å². The number of rotatable bonds is 5. The fourth-order valence-corrected chi connectivity index (χ4v) is 2.95. The maximum absolute atomic E-state index is 5.44. The van der Waals surface area contributed by atoms with E-state index in [-0.39, 0.29) is 0 Å². The van der Waals surface area contributed by atoms with Crippen LogP contribution in [0.3, 0.4) is 0 Å². The molecule has 1 aliphatic rings. The Bertz CT molecular complexity index is 576. The zero-order chi connectivity index (χ0) is 14.5. The molecule has 3 rings (SSSR count). The number of anilines is 1. The number of hydrogen-bond acceptors (Lipinski definition) is 4. The Morgan fingerprint density at radius 3 is 2.86 bits per heavy atom. The molecule has 0 bridgehead atoms. The predicted molar refractivity (Wildman–Crippen MR) is 86.7 cm³/mol. The Kier molecular flexibility index (Phi) is 4.68. The molecule has 1 aromatic heterocycles. The molecular weight excluding hydrogens is 262 g/mol. The van der Waals surface area contributed by atoms with Crippen LogP contribution in [0.4, 0.5) is 5.82 Å². The zero-order valence-electron chi connectivity index (χ0n) is 12.6. The lowest BCUT2D eigenvalue weighted by atomic mass is 10.1. The second-order valence-corrected chi connectivity index (χ2v) is 5.47. The first-order valence-corrected chi connectivity index (χ1v) is 7.78. The van der Waals surface area contributed by atoms with Crippen LogP contribution in [0.1, 0.15) is 13.3 Å². The van der Waals surface area contributed by atoms with Crippen molar-refractivity contribution in [3.8, 4) is 0 Å². The molecule has 0 aliphatic carbocycles. The van der Waals surface area contributed by atoms with Gasteiger partial charge in [0, 0.05) is 37.3 Å². The van der Waals surface area contributed by atoms with Crippen molar-refractivity contribution in [3.05, 3.63) is 36.5 Å². The van der Waals surface area contributed by atoms with Gasteiger partial charge in [-0.15, -0.1) is 0 Å². The first kappa shape index (κ1) is 14.3. The molecule has 0 unspecified atom stereocenters. The number of pyridine rings is 1. The molecule has 0 spiro atoms. The van der Waals surface area contributed by atoms with Crippen LogP contribution >= 0.6 is 0 Å². The number of nitrogens with one attached hydrogen (secondary N) is 1. The molecule has 2 aromatic rings. The lowest BCUT2D eigenvalue weighted by molar-refractivity contribution is 0.0184. The summed E-state index contributed by atoms with van der Waals surface area (Å²) in [6.07, 6.45) is 3.01. The molecule has 0 saturated carbocycles. The fraction of sp³-hybridized carbons (Fsp3) is 0.471. The molecule has 1 fully saturated rings. The molecule has 2 heterocycles. The van der Waals surface area contributed by atoms with E-state index in [0.29, 0.717) is 6.04 Å². The van der Waals surface area contributed by atoms with E-state index < -0.39 is 0 Å². The summed E-state index contributed by atoms with van der Waals surface area (Å²) >= 11 is 0. The third-order valence-electron chi connectivity index (χ3n) is 4.21. The highest BCUT2D eigenvalue weighted by molar-refractivity contribution is 5.91. The van der Waals surface area contributed by atoms with Crippen molar-refractivity contribution >= 4 is 16.6 Å². The van der Waals surface area contributed by atoms with Crippen LogP contribution < -0.4 is 5.32 Å². The molecule has 1 aromatic carbocycles. The second kappa shape index (κ2) is 6.87. The predicted octanol–water partition coefficient (Wildman–Crippen LogP) is 2.76. The quantitative estimate of drug-likeness (QED) is 0.916. The maximum atomic E-state index is 5.44. The Labute approximate surface area is 126 Å². The minimum atomic E-state index is 0.537. The van der Waals surface area contributed by atoms with Crippen LogP contribution in [-0.2, 0) is 4.74 Å². The smallest absolute Gasteiger partial charge is 0.133 e. The van der Waals surface area contributed by atoms with Gasteiger partial charge in [-0.1, -0.05) is 31.2 Å². The summed E-state index contributed by atoms with van der Waals surface area (Å²) in [6, 6.07) is 11.0. The van der Waals surface area contributed by atoms with E-state index >= 15 is 0 Å². The van der Waals surface area contributed by atoms with Crippen LogP contribution in [0, 0.1) is 0 Å². The van der Waals surface area contributed by atoms with Gasteiger partial charge in [-0.25, -0.2) is 4.98 Å². The van der Waals surface area contributed by atoms with Crippen molar-refractivity contribution in [2.75, 3.05) is 38.2 Å². The Hall–Kier alpha value is -1.65. The number of fused-ring (bicyclic) bond motifs is 1. The van der Waals surface area contributed by atoms with Crippen molar-refractivity contribution in [1.29, 1.82) is 0 Å². The second-order valence-electron chi connectivity index (χ2n) is 5.47. The van der Waals surface area contributed by atoms with Crippen LogP contribution in [-0.4, -0.2) is 48.8 Å². The van der Waals surface area contributed by atoms with Crippen LogP contribution in [0.15, 0.2) is 36.5 Å². The van der Waals surface area contributed by atoms with E-state index in [1.54, 1.807) is 0 Å². The van der Waals surface area contributed by atoms with Gasteiger partial charge in [-0.05, 0) is 17.9 Å². The fourth-order valence-electron chi connectivity index (χ4n) is 2.95. The normalized spacial score (nSPS) is 17.8. The number of morpholine rings is 1. The summed E-state index contributed by atoms with van der Waals surface area (Å²) in [7, 11) is 0. The molecule has 4 heteroatoms. The van der Waals surface area contributed by atoms with E-state index in [1.165, 1.54) is 10.8 Å². The van der Waals surface area contributed by atoms with E-state index in [9.17, 15) is 0 Å². The zero-order valence-corrected chi connectivity index (χ0v) is 12.6. The van der Waals surface area contributed by atoms with Gasteiger partial charge in [0.15, 0.2) is 0 Å². The standard InChI is InChI=1S/C17H23N3O/c1-2-15(20-9-11-21-12-10-20)13-19-17-16-6-4-3-5-14(16)7-8-18-17/h3-8,15H,2,9-13H2,1H3,(H,18,19)/t15-/m0/s1. The van der Waals surface area contributed by atoms with Crippen molar-refractivity contribution < 1.29 is 4.74 Å². The van der Waals surface area contributed by atoms with Gasteiger partial charge in [0.25, 0.3) is 0 Å². The average Bonchev–Trinajstić information content (AvgIpc) is 2.56. The van der Waals surface area contributed by atoms with Crippen LogP contribution in [0.25, 0.3) is 10.8 Å². The molecule has 21 heavy (non-hydrogen) atoms. The van der Waals surface area contributed by atoms with Gasteiger partial charge in [-0.3, -0.25) is 4.90 Å². The first-order chi connectivity index (χ1) is 10.4. The summed E-state index contributed by atoms with van der Waals surface area (Å²) in [5.41, 5.74) is 0. The molecule has 0 amide bonds. The van der Waals surface area contributed by atoms with E-state index in [2.05, 4.69) is 52.5 Å². The number of hydrogen-bond donors (Lipinski definition) is 1.